The number of nitrogen functional groups attached to an aromatic ring is 1. The van der Waals surface area contributed by atoms with E-state index in [1.165, 1.54) is 0 Å². The predicted octanol–water partition coefficient (Wildman–Crippen LogP) is 3.49. The van der Waals surface area contributed by atoms with Gasteiger partial charge in [-0.05, 0) is 19.9 Å². The molecule has 2 aromatic rings. The average molecular weight is 248 g/mol. The van der Waals surface area contributed by atoms with Crippen molar-refractivity contribution < 1.29 is 4.74 Å². The van der Waals surface area contributed by atoms with E-state index in [0.29, 0.717) is 6.61 Å². The molecule has 3 nitrogen and oxygen atoms in total. The minimum atomic E-state index is 0.0451. The normalized spacial score (nSPS) is 12.6. The number of nitrogens with two attached hydrogens (primary N) is 1. The zero-order valence-corrected chi connectivity index (χ0v) is 10.8. The molecule has 0 aliphatic rings. The highest BCUT2D eigenvalue weighted by Crippen LogP contribution is 2.29. The van der Waals surface area contributed by atoms with Crippen LogP contribution in [0.4, 0.5) is 5.69 Å². The second kappa shape index (κ2) is 5.29. The Morgan fingerprint density at radius 3 is 2.88 bits per heavy atom. The fourth-order valence-corrected chi connectivity index (χ4v) is 2.47. The van der Waals surface area contributed by atoms with Gasteiger partial charge in [0.15, 0.2) is 0 Å². The molecule has 1 atom stereocenters. The monoisotopic (exact) mass is 248 g/mol. The SMILES string of the molecule is CCOC(C)c1nc(-c2ccccc2N)cs1. The van der Waals surface area contributed by atoms with Gasteiger partial charge in [-0.25, -0.2) is 4.98 Å². The highest BCUT2D eigenvalue weighted by atomic mass is 32.1. The van der Waals surface area contributed by atoms with Gasteiger partial charge in [0.25, 0.3) is 0 Å². The van der Waals surface area contributed by atoms with Crippen LogP contribution in [0.2, 0.25) is 0 Å². The summed E-state index contributed by atoms with van der Waals surface area (Å²) < 4.78 is 5.52. The molecular weight excluding hydrogens is 232 g/mol. The number of rotatable bonds is 4. The molecule has 0 amide bonds. The first-order valence-electron chi connectivity index (χ1n) is 5.64. The lowest BCUT2D eigenvalue weighted by atomic mass is 10.1. The summed E-state index contributed by atoms with van der Waals surface area (Å²) in [4.78, 5) is 4.57. The van der Waals surface area contributed by atoms with Gasteiger partial charge in [0.2, 0.25) is 0 Å². The third kappa shape index (κ3) is 2.65. The predicted molar refractivity (Wildman–Crippen MR) is 72.0 cm³/mol. The number of ether oxygens (including phenoxy) is 1. The summed E-state index contributed by atoms with van der Waals surface area (Å²) in [6, 6.07) is 7.77. The van der Waals surface area contributed by atoms with Crippen molar-refractivity contribution in [3.8, 4) is 11.3 Å². The number of hydrogen-bond donors (Lipinski definition) is 1. The molecule has 1 unspecified atom stereocenters. The molecule has 17 heavy (non-hydrogen) atoms. The van der Waals surface area contributed by atoms with Gasteiger partial charge in [-0.3, -0.25) is 0 Å². The average Bonchev–Trinajstić information content (AvgIpc) is 2.79. The van der Waals surface area contributed by atoms with E-state index >= 15 is 0 Å². The molecule has 1 heterocycles. The van der Waals surface area contributed by atoms with Crippen LogP contribution in [0.1, 0.15) is 25.0 Å². The van der Waals surface area contributed by atoms with Crippen molar-refractivity contribution in [1.29, 1.82) is 0 Å². The van der Waals surface area contributed by atoms with Crippen LogP contribution in [0.15, 0.2) is 29.6 Å². The Bertz CT molecular complexity index is 496. The van der Waals surface area contributed by atoms with Gasteiger partial charge < -0.3 is 10.5 Å². The van der Waals surface area contributed by atoms with Crippen LogP contribution >= 0.6 is 11.3 Å². The highest BCUT2D eigenvalue weighted by molar-refractivity contribution is 7.10. The maximum absolute atomic E-state index is 5.93. The molecule has 4 heteroatoms. The molecule has 0 saturated heterocycles. The third-order valence-corrected chi connectivity index (χ3v) is 3.53. The number of hydrogen-bond acceptors (Lipinski definition) is 4. The first kappa shape index (κ1) is 12.1. The second-order valence-electron chi connectivity index (χ2n) is 3.76. The highest BCUT2D eigenvalue weighted by Gasteiger charge is 2.12. The van der Waals surface area contributed by atoms with E-state index in [0.717, 1.165) is 22.0 Å². The summed E-state index contributed by atoms with van der Waals surface area (Å²) in [5.74, 6) is 0. The fourth-order valence-electron chi connectivity index (χ4n) is 1.65. The number of para-hydroxylation sites is 1. The van der Waals surface area contributed by atoms with Gasteiger partial charge >= 0.3 is 0 Å². The van der Waals surface area contributed by atoms with Gasteiger partial charge in [-0.15, -0.1) is 11.3 Å². The minimum absolute atomic E-state index is 0.0451. The molecule has 1 aromatic carbocycles. The van der Waals surface area contributed by atoms with Gasteiger partial charge in [0.1, 0.15) is 11.1 Å². The lowest BCUT2D eigenvalue weighted by Crippen LogP contribution is -1.98. The van der Waals surface area contributed by atoms with Crippen molar-refractivity contribution in [3.63, 3.8) is 0 Å². The lowest BCUT2D eigenvalue weighted by molar-refractivity contribution is 0.0762. The molecule has 0 aliphatic heterocycles. The van der Waals surface area contributed by atoms with Crippen molar-refractivity contribution in [2.75, 3.05) is 12.3 Å². The van der Waals surface area contributed by atoms with Gasteiger partial charge in [-0.1, -0.05) is 18.2 Å². The minimum Gasteiger partial charge on any atom is -0.398 e. The molecule has 0 radical (unpaired) electrons. The van der Waals surface area contributed by atoms with Crippen molar-refractivity contribution >= 4 is 17.0 Å². The quantitative estimate of drug-likeness (QED) is 0.842. The summed E-state index contributed by atoms with van der Waals surface area (Å²) in [7, 11) is 0. The van der Waals surface area contributed by atoms with Gasteiger partial charge in [-0.2, -0.15) is 0 Å². The molecule has 0 saturated carbocycles. The number of aromatic nitrogens is 1. The third-order valence-electron chi connectivity index (χ3n) is 2.52. The van der Waals surface area contributed by atoms with Crippen LogP contribution in [0.5, 0.6) is 0 Å². The van der Waals surface area contributed by atoms with Crippen LogP contribution in [-0.4, -0.2) is 11.6 Å². The molecule has 0 bridgehead atoms. The number of benzene rings is 1. The lowest BCUT2D eigenvalue weighted by Gasteiger charge is -2.07. The van der Waals surface area contributed by atoms with Crippen molar-refractivity contribution in [2.45, 2.75) is 20.0 Å². The molecule has 0 aliphatic carbocycles. The summed E-state index contributed by atoms with van der Waals surface area (Å²) in [6.07, 6.45) is 0.0451. The molecule has 2 rings (SSSR count). The molecule has 1 aromatic heterocycles. The van der Waals surface area contributed by atoms with Crippen molar-refractivity contribution in [3.05, 3.63) is 34.7 Å². The molecule has 2 N–H and O–H groups in total. The maximum Gasteiger partial charge on any atom is 0.122 e. The summed E-state index contributed by atoms with van der Waals surface area (Å²) >= 11 is 1.61. The zero-order chi connectivity index (χ0) is 12.3. The van der Waals surface area contributed by atoms with E-state index < -0.39 is 0 Å². The smallest absolute Gasteiger partial charge is 0.122 e. The van der Waals surface area contributed by atoms with Crippen LogP contribution in [0, 0.1) is 0 Å². The Morgan fingerprint density at radius 1 is 1.41 bits per heavy atom. The maximum atomic E-state index is 5.93. The summed E-state index contributed by atoms with van der Waals surface area (Å²) in [6.45, 7) is 4.70. The van der Waals surface area contributed by atoms with E-state index in [9.17, 15) is 0 Å². The van der Waals surface area contributed by atoms with Crippen LogP contribution in [0.3, 0.4) is 0 Å². The number of thiazole rings is 1. The summed E-state index contributed by atoms with van der Waals surface area (Å²) in [5, 5.41) is 3.02. The Labute approximate surface area is 105 Å². The van der Waals surface area contributed by atoms with Gasteiger partial charge in [0.05, 0.1) is 5.69 Å². The zero-order valence-electron chi connectivity index (χ0n) is 10.0. The van der Waals surface area contributed by atoms with Crippen molar-refractivity contribution in [1.82, 2.24) is 4.98 Å². The largest absolute Gasteiger partial charge is 0.398 e. The second-order valence-corrected chi connectivity index (χ2v) is 4.65. The van der Waals surface area contributed by atoms with E-state index in [-0.39, 0.29) is 6.10 Å². The van der Waals surface area contributed by atoms with E-state index in [2.05, 4.69) is 4.98 Å². The summed E-state index contributed by atoms with van der Waals surface area (Å²) in [5.41, 5.74) is 8.60. The first-order valence-corrected chi connectivity index (χ1v) is 6.52. The topological polar surface area (TPSA) is 48.1 Å². The van der Waals surface area contributed by atoms with Crippen LogP contribution < -0.4 is 5.73 Å². The van der Waals surface area contributed by atoms with E-state index in [1.54, 1.807) is 11.3 Å². The standard InChI is InChI=1S/C13H16N2OS/c1-3-16-9(2)13-15-12(8-17-13)10-6-4-5-7-11(10)14/h4-9H,3,14H2,1-2H3. The molecule has 0 fully saturated rings. The Balaban J connectivity index is 2.27. The van der Waals surface area contributed by atoms with Gasteiger partial charge in [0, 0.05) is 23.2 Å². The molecular formula is C13H16N2OS. The van der Waals surface area contributed by atoms with E-state index in [1.807, 2.05) is 43.5 Å². The number of nitrogens with zero attached hydrogens (tertiary/aromatic N) is 1. The first-order chi connectivity index (χ1) is 8.22. The van der Waals surface area contributed by atoms with Crippen LogP contribution in [0.25, 0.3) is 11.3 Å². The van der Waals surface area contributed by atoms with Crippen LogP contribution in [-0.2, 0) is 4.74 Å². The Hall–Kier alpha value is -1.39. The molecule has 90 valence electrons. The Morgan fingerprint density at radius 2 is 2.18 bits per heavy atom. The molecule has 0 spiro atoms. The number of anilines is 1. The Kier molecular flexibility index (Phi) is 3.76. The van der Waals surface area contributed by atoms with E-state index in [4.69, 9.17) is 10.5 Å². The van der Waals surface area contributed by atoms with Crippen molar-refractivity contribution in [2.24, 2.45) is 0 Å². The fraction of sp³-hybridized carbons (Fsp3) is 0.308.